The first-order valence-electron chi connectivity index (χ1n) is 10.9. The minimum atomic E-state index is -0.928. The molecule has 1 unspecified atom stereocenters. The first-order chi connectivity index (χ1) is 14.5. The maximum atomic E-state index is 12.3. The summed E-state index contributed by atoms with van der Waals surface area (Å²) in [6, 6.07) is 3.88. The minimum absolute atomic E-state index is 0.0857. The number of carbonyl (C=O) groups excluding carboxylic acids is 1. The van der Waals surface area contributed by atoms with E-state index in [4.69, 9.17) is 14.5 Å². The van der Waals surface area contributed by atoms with Crippen molar-refractivity contribution >= 4 is 6.16 Å². The summed E-state index contributed by atoms with van der Waals surface area (Å²) in [6.07, 6.45) is 4.43. The molecule has 30 heavy (non-hydrogen) atoms. The van der Waals surface area contributed by atoms with Crippen LogP contribution >= 0.6 is 0 Å². The van der Waals surface area contributed by atoms with Gasteiger partial charge in [-0.1, -0.05) is 12.6 Å². The number of hydrogen-bond acceptors (Lipinski definition) is 7. The Kier molecular flexibility index (Phi) is 3.79. The molecule has 4 atom stereocenters. The van der Waals surface area contributed by atoms with Gasteiger partial charge in [0.05, 0.1) is 18.1 Å². The fraction of sp³-hybridized carbons (Fsp3) is 0.609. The van der Waals surface area contributed by atoms with Crippen LogP contribution in [0.4, 0.5) is 4.79 Å². The van der Waals surface area contributed by atoms with E-state index in [1.54, 1.807) is 6.07 Å². The van der Waals surface area contributed by atoms with Gasteiger partial charge in [0.15, 0.2) is 5.75 Å². The van der Waals surface area contributed by atoms with Gasteiger partial charge in [-0.15, -0.1) is 0 Å². The molecule has 0 aromatic heterocycles. The van der Waals surface area contributed by atoms with E-state index in [-0.39, 0.29) is 12.1 Å². The molecule has 160 valence electrons. The van der Waals surface area contributed by atoms with Crippen LogP contribution in [-0.2, 0) is 21.5 Å². The number of ether oxygens (including phenoxy) is 2. The number of piperidine rings is 1. The molecular weight excluding hydrogens is 386 g/mol. The molecule has 1 saturated heterocycles. The van der Waals surface area contributed by atoms with Gasteiger partial charge in [-0.3, -0.25) is 9.79 Å². The molecule has 6 rings (SSSR count). The van der Waals surface area contributed by atoms with Crippen LogP contribution in [0.25, 0.3) is 0 Å². The Labute approximate surface area is 175 Å². The van der Waals surface area contributed by atoms with Gasteiger partial charge in [0.1, 0.15) is 6.10 Å². The van der Waals surface area contributed by atoms with Crippen LogP contribution in [0.5, 0.6) is 11.5 Å². The minimum Gasteiger partial charge on any atom is -0.481 e. The van der Waals surface area contributed by atoms with E-state index in [1.807, 2.05) is 6.07 Å². The fourth-order valence-corrected chi connectivity index (χ4v) is 6.56. The number of carbonyl (C=O) groups is 1. The summed E-state index contributed by atoms with van der Waals surface area (Å²) >= 11 is 0. The van der Waals surface area contributed by atoms with E-state index in [1.165, 1.54) is 25.5 Å². The highest BCUT2D eigenvalue weighted by atomic mass is 17.2. The summed E-state index contributed by atoms with van der Waals surface area (Å²) in [5.41, 5.74) is 1.82. The Morgan fingerprint density at radius 1 is 1.37 bits per heavy atom. The van der Waals surface area contributed by atoms with Crippen LogP contribution in [0.1, 0.15) is 43.2 Å². The molecule has 3 fully saturated rings. The van der Waals surface area contributed by atoms with Crippen LogP contribution in [0.15, 0.2) is 24.3 Å². The molecule has 5 aliphatic rings. The molecule has 1 spiro atoms. The summed E-state index contributed by atoms with van der Waals surface area (Å²) in [4.78, 5) is 23.9. The third-order valence-electron chi connectivity index (χ3n) is 8.06. The van der Waals surface area contributed by atoms with Crippen molar-refractivity contribution in [3.05, 3.63) is 35.4 Å². The zero-order valence-corrected chi connectivity index (χ0v) is 17.2. The molecule has 0 amide bonds. The number of nitrogens with zero attached hydrogens (tertiary/aromatic N) is 1. The number of hydrogen-bond donors (Lipinski definition) is 1. The SMILES string of the molecule is C=C1CC[C@@]2(O)C3Cc4ccc(OOC(=O)OC)c5c4[C@@]2(CCN3CC2CC2)[C@H]1O5. The summed E-state index contributed by atoms with van der Waals surface area (Å²) in [5.74, 6) is 1.67. The van der Waals surface area contributed by atoms with E-state index >= 15 is 0 Å². The van der Waals surface area contributed by atoms with Crippen LogP contribution in [0, 0.1) is 5.92 Å². The van der Waals surface area contributed by atoms with E-state index in [0.29, 0.717) is 17.9 Å². The molecule has 3 aliphatic carbocycles. The van der Waals surface area contributed by atoms with Crippen molar-refractivity contribution in [2.24, 2.45) is 5.92 Å². The zero-order chi connectivity index (χ0) is 20.7. The lowest BCUT2D eigenvalue weighted by molar-refractivity contribution is -0.175. The van der Waals surface area contributed by atoms with Crippen LogP contribution in [0.2, 0.25) is 0 Å². The molecule has 2 saturated carbocycles. The van der Waals surface area contributed by atoms with Gasteiger partial charge in [-0.25, -0.2) is 4.89 Å². The highest BCUT2D eigenvalue weighted by molar-refractivity contribution is 5.64. The first kappa shape index (κ1) is 18.5. The Balaban J connectivity index is 1.47. The lowest BCUT2D eigenvalue weighted by Gasteiger charge is -2.63. The van der Waals surface area contributed by atoms with Gasteiger partial charge in [0.25, 0.3) is 0 Å². The van der Waals surface area contributed by atoms with Crippen molar-refractivity contribution in [1.82, 2.24) is 4.90 Å². The number of methoxy groups -OCH3 is 1. The highest BCUT2D eigenvalue weighted by Crippen LogP contribution is 2.66. The highest BCUT2D eigenvalue weighted by Gasteiger charge is 2.72. The third-order valence-corrected chi connectivity index (χ3v) is 8.06. The van der Waals surface area contributed by atoms with Crippen molar-refractivity contribution in [2.75, 3.05) is 20.2 Å². The molecule has 0 radical (unpaired) electrons. The predicted molar refractivity (Wildman–Crippen MR) is 106 cm³/mol. The molecule has 2 bridgehead atoms. The number of likely N-dealkylation sites (tertiary alicyclic amines) is 1. The van der Waals surface area contributed by atoms with Crippen molar-refractivity contribution in [2.45, 2.75) is 61.7 Å². The molecule has 7 nitrogen and oxygen atoms in total. The second kappa shape index (κ2) is 6.14. The van der Waals surface area contributed by atoms with E-state index in [9.17, 15) is 9.90 Å². The monoisotopic (exact) mass is 413 g/mol. The van der Waals surface area contributed by atoms with Crippen molar-refractivity contribution in [1.29, 1.82) is 0 Å². The van der Waals surface area contributed by atoms with Gasteiger partial charge in [-0.2, -0.15) is 4.79 Å². The Morgan fingerprint density at radius 3 is 2.97 bits per heavy atom. The molecule has 1 aromatic carbocycles. The van der Waals surface area contributed by atoms with Gasteiger partial charge in [0.2, 0.25) is 5.75 Å². The standard InChI is InChI=1S/C23H27NO6/c1-13-7-8-23(26)17-11-15-5-6-16(29-30-21(25)27-2)19-18(15)22(23,20(13)28-19)9-10-24(17)12-14-3-4-14/h5-6,14,17,20,26H,1,3-4,7-12H2,2H3/t17?,20-,22-,23+/m0/s1. The van der Waals surface area contributed by atoms with Crippen LogP contribution in [0.3, 0.4) is 0 Å². The zero-order valence-electron chi connectivity index (χ0n) is 17.2. The average molecular weight is 413 g/mol. The summed E-state index contributed by atoms with van der Waals surface area (Å²) in [7, 11) is 1.22. The lowest BCUT2D eigenvalue weighted by Crippen LogP contribution is -2.75. The molecule has 1 aromatic rings. The largest absolute Gasteiger partial charge is 0.549 e. The molecule has 7 heteroatoms. The average Bonchev–Trinajstić information content (AvgIpc) is 3.48. The maximum Gasteiger partial charge on any atom is 0.549 e. The summed E-state index contributed by atoms with van der Waals surface area (Å²) in [5, 5.41) is 12.3. The lowest BCUT2D eigenvalue weighted by atomic mass is 9.48. The first-order valence-corrected chi connectivity index (χ1v) is 10.9. The van der Waals surface area contributed by atoms with E-state index in [2.05, 4.69) is 16.2 Å². The van der Waals surface area contributed by atoms with Crippen molar-refractivity contribution in [3.8, 4) is 11.5 Å². The van der Waals surface area contributed by atoms with Crippen molar-refractivity contribution < 1.29 is 29.1 Å². The molecule has 2 heterocycles. The Bertz CT molecular complexity index is 942. The predicted octanol–water partition coefficient (Wildman–Crippen LogP) is 2.88. The second-order valence-corrected chi connectivity index (χ2v) is 9.51. The van der Waals surface area contributed by atoms with Gasteiger partial charge >= 0.3 is 6.16 Å². The smallest absolute Gasteiger partial charge is 0.481 e. The number of aliphatic hydroxyl groups is 1. The van der Waals surface area contributed by atoms with Gasteiger partial charge in [0, 0.05) is 18.2 Å². The molecule has 1 N–H and O–H groups in total. The van der Waals surface area contributed by atoms with E-state index in [0.717, 1.165) is 49.4 Å². The van der Waals surface area contributed by atoms with Gasteiger partial charge < -0.3 is 14.6 Å². The number of rotatable bonds is 4. The van der Waals surface area contributed by atoms with Crippen molar-refractivity contribution in [3.63, 3.8) is 0 Å². The fourth-order valence-electron chi connectivity index (χ4n) is 6.56. The Morgan fingerprint density at radius 2 is 2.20 bits per heavy atom. The van der Waals surface area contributed by atoms with Crippen LogP contribution in [-0.4, -0.2) is 54.1 Å². The van der Waals surface area contributed by atoms with Crippen LogP contribution < -0.4 is 9.62 Å². The summed E-state index contributed by atoms with van der Waals surface area (Å²) in [6.45, 7) is 6.32. The quantitative estimate of drug-likeness (QED) is 0.352. The third kappa shape index (κ3) is 2.25. The van der Waals surface area contributed by atoms with E-state index < -0.39 is 17.2 Å². The molecular formula is C23H27NO6. The number of benzene rings is 1. The topological polar surface area (TPSA) is 77.5 Å². The normalized spacial score (nSPS) is 36.0. The Hall–Kier alpha value is -2.25. The second-order valence-electron chi connectivity index (χ2n) is 9.51. The molecule has 2 aliphatic heterocycles. The van der Waals surface area contributed by atoms with Gasteiger partial charge in [-0.05, 0) is 68.2 Å². The summed E-state index contributed by atoms with van der Waals surface area (Å²) < 4.78 is 10.9. The maximum absolute atomic E-state index is 12.3.